The van der Waals surface area contributed by atoms with Crippen LogP contribution in [0.3, 0.4) is 0 Å². The molecule has 1 atom stereocenters. The summed E-state index contributed by atoms with van der Waals surface area (Å²) < 4.78 is 0. The second-order valence-corrected chi connectivity index (χ2v) is 4.00. The molecule has 0 fully saturated rings. The standard InChI is InChI=1S/C12H11N3O4/c1-6(16)14-15-12(19)9-10(17)7-4-2-3-5-8(7)13-11(9)18/h2-5,9H,1H3,(H,13,18)(H,14,16)(H,15,19). The number of fused-ring (bicyclic) bond motifs is 1. The van der Waals surface area contributed by atoms with Crippen LogP contribution < -0.4 is 16.2 Å². The molecule has 7 nitrogen and oxygen atoms in total. The molecule has 1 aliphatic rings. The van der Waals surface area contributed by atoms with E-state index in [0.29, 0.717) is 5.69 Å². The van der Waals surface area contributed by atoms with Crippen LogP contribution in [0.4, 0.5) is 5.69 Å². The predicted molar refractivity (Wildman–Crippen MR) is 64.9 cm³/mol. The lowest BCUT2D eigenvalue weighted by atomic mass is 9.91. The number of carbonyl (C=O) groups excluding carboxylic acids is 4. The fraction of sp³-hybridized carbons (Fsp3) is 0.167. The molecule has 1 aromatic carbocycles. The van der Waals surface area contributed by atoms with Gasteiger partial charge in [0.2, 0.25) is 11.8 Å². The molecule has 0 saturated carbocycles. The van der Waals surface area contributed by atoms with Crippen LogP contribution in [-0.2, 0) is 14.4 Å². The van der Waals surface area contributed by atoms with E-state index in [-0.39, 0.29) is 5.56 Å². The lowest BCUT2D eigenvalue weighted by Gasteiger charge is -2.22. The van der Waals surface area contributed by atoms with E-state index < -0.39 is 29.4 Å². The van der Waals surface area contributed by atoms with Crippen molar-refractivity contribution in [3.05, 3.63) is 29.8 Å². The number of rotatable bonds is 1. The van der Waals surface area contributed by atoms with Gasteiger partial charge in [0.25, 0.3) is 5.91 Å². The first-order valence-corrected chi connectivity index (χ1v) is 5.51. The molecule has 3 amide bonds. The second-order valence-electron chi connectivity index (χ2n) is 4.00. The second kappa shape index (κ2) is 4.89. The molecule has 2 rings (SSSR count). The fourth-order valence-corrected chi connectivity index (χ4v) is 1.75. The molecule has 7 heteroatoms. The summed E-state index contributed by atoms with van der Waals surface area (Å²) in [5.74, 6) is -4.18. The quantitative estimate of drug-likeness (QED) is 0.472. The van der Waals surface area contributed by atoms with Crippen molar-refractivity contribution in [2.45, 2.75) is 6.92 Å². The number of benzene rings is 1. The third-order valence-electron chi connectivity index (χ3n) is 2.60. The predicted octanol–water partition coefficient (Wildman–Crippen LogP) is -0.395. The van der Waals surface area contributed by atoms with Gasteiger partial charge in [-0.25, -0.2) is 0 Å². The van der Waals surface area contributed by atoms with Crippen LogP contribution in [0.5, 0.6) is 0 Å². The number of anilines is 1. The van der Waals surface area contributed by atoms with E-state index in [0.717, 1.165) is 0 Å². The summed E-state index contributed by atoms with van der Waals surface area (Å²) in [4.78, 5) is 46.2. The van der Waals surface area contributed by atoms with E-state index in [9.17, 15) is 19.2 Å². The molecular formula is C12H11N3O4. The fourth-order valence-electron chi connectivity index (χ4n) is 1.75. The van der Waals surface area contributed by atoms with Gasteiger partial charge in [0, 0.05) is 12.5 Å². The zero-order valence-corrected chi connectivity index (χ0v) is 10.0. The number of carbonyl (C=O) groups is 4. The number of para-hydroxylation sites is 1. The number of hydrogen-bond donors (Lipinski definition) is 3. The summed E-state index contributed by atoms with van der Waals surface area (Å²) >= 11 is 0. The van der Waals surface area contributed by atoms with Crippen LogP contribution in [0.1, 0.15) is 17.3 Å². The number of Topliss-reactive ketones (excluding diaryl/α,β-unsaturated/α-hetero) is 1. The van der Waals surface area contributed by atoms with Crippen molar-refractivity contribution in [3.63, 3.8) is 0 Å². The van der Waals surface area contributed by atoms with E-state index in [1.807, 2.05) is 10.9 Å². The maximum absolute atomic E-state index is 12.1. The lowest BCUT2D eigenvalue weighted by molar-refractivity contribution is -0.134. The third-order valence-corrected chi connectivity index (χ3v) is 2.60. The minimum Gasteiger partial charge on any atom is -0.324 e. The van der Waals surface area contributed by atoms with Gasteiger partial charge >= 0.3 is 0 Å². The first-order valence-electron chi connectivity index (χ1n) is 5.51. The number of amides is 3. The van der Waals surface area contributed by atoms with Gasteiger partial charge in [0.05, 0.1) is 5.69 Å². The zero-order valence-electron chi connectivity index (χ0n) is 10.0. The van der Waals surface area contributed by atoms with Crippen LogP contribution in [0.2, 0.25) is 0 Å². The number of hydrazine groups is 1. The summed E-state index contributed by atoms with van der Waals surface area (Å²) in [6.07, 6.45) is 0. The van der Waals surface area contributed by atoms with Gasteiger partial charge in [-0.05, 0) is 12.1 Å². The highest BCUT2D eigenvalue weighted by molar-refractivity contribution is 6.30. The maximum Gasteiger partial charge on any atom is 0.258 e. The van der Waals surface area contributed by atoms with E-state index >= 15 is 0 Å². The highest BCUT2D eigenvalue weighted by Gasteiger charge is 2.39. The molecule has 98 valence electrons. The van der Waals surface area contributed by atoms with Gasteiger partial charge in [-0.15, -0.1) is 0 Å². The van der Waals surface area contributed by atoms with Crippen molar-refractivity contribution < 1.29 is 19.2 Å². The molecular weight excluding hydrogens is 250 g/mol. The van der Waals surface area contributed by atoms with Crippen molar-refractivity contribution in [3.8, 4) is 0 Å². The summed E-state index contributed by atoms with van der Waals surface area (Å²) in [5.41, 5.74) is 4.70. The number of ketones is 1. The van der Waals surface area contributed by atoms with E-state index in [1.165, 1.54) is 13.0 Å². The highest BCUT2D eigenvalue weighted by atomic mass is 16.2. The summed E-state index contributed by atoms with van der Waals surface area (Å²) in [7, 11) is 0. The van der Waals surface area contributed by atoms with E-state index in [2.05, 4.69) is 5.32 Å². The van der Waals surface area contributed by atoms with Gasteiger partial charge in [0.1, 0.15) is 0 Å². The normalized spacial score (nSPS) is 17.2. The molecule has 1 aliphatic heterocycles. The summed E-state index contributed by atoms with van der Waals surface area (Å²) in [6.45, 7) is 1.19. The van der Waals surface area contributed by atoms with Crippen LogP contribution in [-0.4, -0.2) is 23.5 Å². The average Bonchev–Trinajstić information content (AvgIpc) is 2.36. The zero-order chi connectivity index (χ0) is 14.0. The largest absolute Gasteiger partial charge is 0.324 e. The van der Waals surface area contributed by atoms with Crippen molar-refractivity contribution in [2.24, 2.45) is 5.92 Å². The summed E-state index contributed by atoms with van der Waals surface area (Å²) in [5, 5.41) is 2.48. The smallest absolute Gasteiger partial charge is 0.258 e. The molecule has 0 aliphatic carbocycles. The van der Waals surface area contributed by atoms with Crippen molar-refractivity contribution in [1.29, 1.82) is 0 Å². The third kappa shape index (κ3) is 2.44. The van der Waals surface area contributed by atoms with Crippen LogP contribution in [0.25, 0.3) is 0 Å². The van der Waals surface area contributed by atoms with Crippen molar-refractivity contribution in [1.82, 2.24) is 10.9 Å². The molecule has 1 unspecified atom stereocenters. The van der Waals surface area contributed by atoms with Gasteiger partial charge in [-0.2, -0.15) is 0 Å². The molecule has 1 aromatic rings. The van der Waals surface area contributed by atoms with Gasteiger partial charge in [-0.1, -0.05) is 12.1 Å². The Morgan fingerprint density at radius 3 is 2.53 bits per heavy atom. The topological polar surface area (TPSA) is 104 Å². The molecule has 1 heterocycles. The SMILES string of the molecule is CC(=O)NNC(=O)C1C(=O)Nc2ccccc2C1=O. The van der Waals surface area contributed by atoms with E-state index in [1.54, 1.807) is 18.2 Å². The maximum atomic E-state index is 12.1. The minimum atomic E-state index is -1.50. The number of nitrogens with one attached hydrogen (secondary N) is 3. The number of hydrogen-bond acceptors (Lipinski definition) is 4. The Balaban J connectivity index is 2.24. The molecule has 19 heavy (non-hydrogen) atoms. The Bertz CT molecular complexity index is 582. The Labute approximate surface area is 108 Å². The molecule has 0 saturated heterocycles. The van der Waals surface area contributed by atoms with Crippen molar-refractivity contribution in [2.75, 3.05) is 5.32 Å². The van der Waals surface area contributed by atoms with Crippen LogP contribution >= 0.6 is 0 Å². The molecule has 0 spiro atoms. The van der Waals surface area contributed by atoms with Crippen LogP contribution in [0, 0.1) is 5.92 Å². The Morgan fingerprint density at radius 1 is 1.16 bits per heavy atom. The highest BCUT2D eigenvalue weighted by Crippen LogP contribution is 2.25. The first-order chi connectivity index (χ1) is 9.00. The van der Waals surface area contributed by atoms with Gasteiger partial charge in [0.15, 0.2) is 11.7 Å². The first kappa shape index (κ1) is 12.7. The summed E-state index contributed by atoms with van der Waals surface area (Å²) in [6, 6.07) is 6.41. The Hall–Kier alpha value is -2.70. The molecule has 0 aromatic heterocycles. The Morgan fingerprint density at radius 2 is 1.84 bits per heavy atom. The average molecular weight is 261 g/mol. The molecule has 3 N–H and O–H groups in total. The van der Waals surface area contributed by atoms with Crippen LogP contribution in [0.15, 0.2) is 24.3 Å². The lowest BCUT2D eigenvalue weighted by Crippen LogP contribution is -2.50. The van der Waals surface area contributed by atoms with Crippen molar-refractivity contribution >= 4 is 29.2 Å². The van der Waals surface area contributed by atoms with Gasteiger partial charge in [-0.3, -0.25) is 30.0 Å². The van der Waals surface area contributed by atoms with Gasteiger partial charge < -0.3 is 5.32 Å². The molecule has 0 bridgehead atoms. The minimum absolute atomic E-state index is 0.269. The Kier molecular flexibility index (Phi) is 3.28. The van der Waals surface area contributed by atoms with E-state index in [4.69, 9.17) is 0 Å². The molecule has 0 radical (unpaired) electrons. The monoisotopic (exact) mass is 261 g/mol.